The summed E-state index contributed by atoms with van der Waals surface area (Å²) in [7, 11) is 1.60. The zero-order valence-corrected chi connectivity index (χ0v) is 15.3. The lowest BCUT2D eigenvalue weighted by molar-refractivity contribution is 0.102. The van der Waals surface area contributed by atoms with Gasteiger partial charge in [0.15, 0.2) is 5.69 Å². The lowest BCUT2D eigenvalue weighted by Crippen LogP contribution is -2.25. The normalized spacial score (nSPS) is 12.9. The van der Waals surface area contributed by atoms with E-state index in [0.717, 1.165) is 24.2 Å². The third kappa shape index (κ3) is 4.64. The Labute approximate surface area is 156 Å². The maximum atomic E-state index is 12.4. The van der Waals surface area contributed by atoms with E-state index in [1.165, 1.54) is 0 Å². The number of methoxy groups -OCH3 is 1. The second kappa shape index (κ2) is 9.05. The maximum Gasteiger partial charge on any atom is 0.276 e. The van der Waals surface area contributed by atoms with Crippen LogP contribution in [0.2, 0.25) is 5.02 Å². The number of aromatic amines is 1. The molecule has 2 aromatic rings. The van der Waals surface area contributed by atoms with E-state index in [1.54, 1.807) is 25.3 Å². The summed E-state index contributed by atoms with van der Waals surface area (Å²) in [6.07, 6.45) is 0.842. The number of rotatable bonds is 6. The van der Waals surface area contributed by atoms with Crippen LogP contribution in [0.15, 0.2) is 18.2 Å². The molecule has 0 aliphatic carbocycles. The standard InChI is InChI=1S/C16H19ClN4O3.ClH/c1-23-6-7-24-14-3-2-10(8-12(14)17)19-16(22)15-11-9-18-5-4-13(11)20-21-15;/h2-3,8,18H,4-7,9H2,1H3,(H,19,22)(H,20,21);1H. The molecule has 0 bridgehead atoms. The van der Waals surface area contributed by atoms with Crippen molar-refractivity contribution in [3.05, 3.63) is 40.2 Å². The number of benzene rings is 1. The number of amides is 1. The lowest BCUT2D eigenvalue weighted by Gasteiger charge is -2.13. The summed E-state index contributed by atoms with van der Waals surface area (Å²) in [6.45, 7) is 2.42. The molecule has 0 saturated carbocycles. The van der Waals surface area contributed by atoms with Crippen molar-refractivity contribution < 1.29 is 14.3 Å². The minimum Gasteiger partial charge on any atom is -0.490 e. The smallest absolute Gasteiger partial charge is 0.276 e. The molecule has 136 valence electrons. The van der Waals surface area contributed by atoms with E-state index in [0.29, 0.717) is 41.9 Å². The van der Waals surface area contributed by atoms with Gasteiger partial charge < -0.3 is 20.1 Å². The summed E-state index contributed by atoms with van der Waals surface area (Å²) >= 11 is 6.18. The van der Waals surface area contributed by atoms with Gasteiger partial charge >= 0.3 is 0 Å². The molecular formula is C16H20Cl2N4O3. The highest BCUT2D eigenvalue weighted by Gasteiger charge is 2.21. The van der Waals surface area contributed by atoms with E-state index in [9.17, 15) is 4.79 Å². The van der Waals surface area contributed by atoms with Gasteiger partial charge in [0.05, 0.1) is 11.6 Å². The first-order valence-electron chi connectivity index (χ1n) is 7.68. The van der Waals surface area contributed by atoms with E-state index >= 15 is 0 Å². The molecule has 1 aliphatic heterocycles. The second-order valence-corrected chi connectivity index (χ2v) is 5.80. The van der Waals surface area contributed by atoms with Gasteiger partial charge in [-0.05, 0) is 18.2 Å². The molecule has 1 amide bonds. The number of nitrogens with one attached hydrogen (secondary N) is 3. The van der Waals surface area contributed by atoms with Crippen molar-refractivity contribution in [1.29, 1.82) is 0 Å². The lowest BCUT2D eigenvalue weighted by atomic mass is 10.1. The van der Waals surface area contributed by atoms with Crippen molar-refractivity contribution in [3.63, 3.8) is 0 Å². The number of halogens is 2. The molecule has 25 heavy (non-hydrogen) atoms. The minimum absolute atomic E-state index is 0. The van der Waals surface area contributed by atoms with Crippen LogP contribution in [0.3, 0.4) is 0 Å². The fraction of sp³-hybridized carbons (Fsp3) is 0.375. The number of ether oxygens (including phenoxy) is 2. The molecule has 0 fully saturated rings. The van der Waals surface area contributed by atoms with Crippen LogP contribution in [0.25, 0.3) is 0 Å². The Kier molecular flexibility index (Phi) is 7.07. The molecule has 0 radical (unpaired) electrons. The van der Waals surface area contributed by atoms with Crippen LogP contribution in [-0.2, 0) is 17.7 Å². The van der Waals surface area contributed by atoms with Crippen LogP contribution in [0.4, 0.5) is 5.69 Å². The largest absolute Gasteiger partial charge is 0.490 e. The van der Waals surface area contributed by atoms with Crippen LogP contribution in [0.1, 0.15) is 21.7 Å². The van der Waals surface area contributed by atoms with Crippen molar-refractivity contribution in [3.8, 4) is 5.75 Å². The molecule has 9 heteroatoms. The van der Waals surface area contributed by atoms with Gasteiger partial charge in [-0.25, -0.2) is 0 Å². The summed E-state index contributed by atoms with van der Waals surface area (Å²) in [6, 6.07) is 5.11. The predicted molar refractivity (Wildman–Crippen MR) is 98.0 cm³/mol. The van der Waals surface area contributed by atoms with E-state index in [2.05, 4.69) is 20.8 Å². The SMILES string of the molecule is COCCOc1ccc(NC(=O)c2n[nH]c3c2CNCC3)cc1Cl.Cl. The topological polar surface area (TPSA) is 88.3 Å². The molecule has 0 spiro atoms. The second-order valence-electron chi connectivity index (χ2n) is 5.40. The van der Waals surface area contributed by atoms with Gasteiger partial charge in [-0.15, -0.1) is 12.4 Å². The van der Waals surface area contributed by atoms with E-state index in [-0.39, 0.29) is 18.3 Å². The maximum absolute atomic E-state index is 12.4. The quantitative estimate of drug-likeness (QED) is 0.663. The summed E-state index contributed by atoms with van der Waals surface area (Å²) in [5.74, 6) is 0.286. The predicted octanol–water partition coefficient (Wildman–Crippen LogP) is 2.41. The molecule has 2 heterocycles. The van der Waals surface area contributed by atoms with Crippen LogP contribution in [0.5, 0.6) is 5.75 Å². The first-order valence-corrected chi connectivity index (χ1v) is 8.06. The van der Waals surface area contributed by atoms with Gasteiger partial charge in [0.1, 0.15) is 12.4 Å². The molecule has 3 rings (SSSR count). The van der Waals surface area contributed by atoms with Gasteiger partial charge in [-0.1, -0.05) is 11.6 Å². The van der Waals surface area contributed by atoms with E-state index < -0.39 is 0 Å². The fourth-order valence-corrected chi connectivity index (χ4v) is 2.77. The Balaban J connectivity index is 0.00000225. The third-order valence-electron chi connectivity index (χ3n) is 3.76. The Morgan fingerprint density at radius 3 is 3.00 bits per heavy atom. The van der Waals surface area contributed by atoms with Crippen molar-refractivity contribution in [2.75, 3.05) is 32.2 Å². The van der Waals surface area contributed by atoms with Crippen LogP contribution < -0.4 is 15.4 Å². The minimum atomic E-state index is -0.264. The number of nitrogens with zero attached hydrogens (tertiary/aromatic N) is 1. The Morgan fingerprint density at radius 2 is 2.24 bits per heavy atom. The Bertz CT molecular complexity index is 736. The fourth-order valence-electron chi connectivity index (χ4n) is 2.53. The number of fused-ring (bicyclic) bond motifs is 1. The molecule has 1 aromatic heterocycles. The monoisotopic (exact) mass is 386 g/mol. The van der Waals surface area contributed by atoms with Crippen LogP contribution >= 0.6 is 24.0 Å². The van der Waals surface area contributed by atoms with Crippen LogP contribution in [0, 0.1) is 0 Å². The summed E-state index contributed by atoms with van der Waals surface area (Å²) in [5.41, 5.74) is 2.93. The molecule has 0 unspecified atom stereocenters. The molecule has 3 N–H and O–H groups in total. The average molecular weight is 387 g/mol. The number of hydrogen-bond donors (Lipinski definition) is 3. The summed E-state index contributed by atoms with van der Waals surface area (Å²) < 4.78 is 10.4. The average Bonchev–Trinajstić information content (AvgIpc) is 3.01. The highest BCUT2D eigenvalue weighted by atomic mass is 35.5. The van der Waals surface area contributed by atoms with Gasteiger partial charge in [0.25, 0.3) is 5.91 Å². The molecule has 0 saturated heterocycles. The van der Waals surface area contributed by atoms with Gasteiger partial charge in [-0.2, -0.15) is 5.10 Å². The number of carbonyl (C=O) groups is 1. The Hall–Kier alpha value is -1.80. The van der Waals surface area contributed by atoms with E-state index in [1.807, 2.05) is 0 Å². The van der Waals surface area contributed by atoms with Gasteiger partial charge in [-0.3, -0.25) is 9.89 Å². The highest BCUT2D eigenvalue weighted by Crippen LogP contribution is 2.28. The highest BCUT2D eigenvalue weighted by molar-refractivity contribution is 6.32. The first kappa shape index (κ1) is 19.5. The zero-order valence-electron chi connectivity index (χ0n) is 13.7. The molecule has 1 aliphatic rings. The number of H-pyrrole nitrogens is 1. The van der Waals surface area contributed by atoms with Crippen LogP contribution in [-0.4, -0.2) is 43.0 Å². The number of anilines is 1. The van der Waals surface area contributed by atoms with Crippen molar-refractivity contribution in [2.45, 2.75) is 13.0 Å². The summed E-state index contributed by atoms with van der Waals surface area (Å²) in [5, 5.41) is 13.5. The number of carbonyl (C=O) groups excluding carboxylic acids is 1. The Morgan fingerprint density at radius 1 is 1.40 bits per heavy atom. The van der Waals surface area contributed by atoms with Crippen molar-refractivity contribution in [2.24, 2.45) is 0 Å². The first-order chi connectivity index (χ1) is 11.7. The number of aromatic nitrogens is 2. The summed E-state index contributed by atoms with van der Waals surface area (Å²) in [4.78, 5) is 12.4. The molecular weight excluding hydrogens is 367 g/mol. The molecule has 1 aromatic carbocycles. The van der Waals surface area contributed by atoms with E-state index in [4.69, 9.17) is 21.1 Å². The number of hydrogen-bond acceptors (Lipinski definition) is 5. The molecule has 7 nitrogen and oxygen atoms in total. The van der Waals surface area contributed by atoms with Crippen molar-refractivity contribution >= 4 is 35.6 Å². The van der Waals surface area contributed by atoms with Gasteiger partial charge in [0, 0.05) is 43.6 Å². The van der Waals surface area contributed by atoms with Crippen molar-refractivity contribution in [1.82, 2.24) is 15.5 Å². The molecule has 0 atom stereocenters. The zero-order chi connectivity index (χ0) is 16.9. The van der Waals surface area contributed by atoms with Gasteiger partial charge in [0.2, 0.25) is 0 Å². The third-order valence-corrected chi connectivity index (χ3v) is 4.05.